The van der Waals surface area contributed by atoms with E-state index in [9.17, 15) is 14.0 Å². The van der Waals surface area contributed by atoms with Crippen molar-refractivity contribution in [3.8, 4) is 0 Å². The zero-order chi connectivity index (χ0) is 23.2. The van der Waals surface area contributed by atoms with Crippen LogP contribution < -0.4 is 5.32 Å². The van der Waals surface area contributed by atoms with Crippen LogP contribution in [0.15, 0.2) is 61.1 Å². The number of amides is 2. The van der Waals surface area contributed by atoms with Crippen LogP contribution in [0.2, 0.25) is 0 Å². The molecule has 0 bridgehead atoms. The lowest BCUT2D eigenvalue weighted by atomic mass is 9.94. The largest absolute Gasteiger partial charge is 0.344 e. The first-order valence-electron chi connectivity index (χ1n) is 11.2. The van der Waals surface area contributed by atoms with Gasteiger partial charge in [0.25, 0.3) is 0 Å². The van der Waals surface area contributed by atoms with Crippen LogP contribution in [0.1, 0.15) is 42.8 Å². The summed E-state index contributed by atoms with van der Waals surface area (Å²) in [5.74, 6) is 0.370. The predicted octanol–water partition coefficient (Wildman–Crippen LogP) is 2.92. The van der Waals surface area contributed by atoms with Gasteiger partial charge in [-0.15, -0.1) is 0 Å². The van der Waals surface area contributed by atoms with Crippen molar-refractivity contribution in [3.63, 3.8) is 0 Å². The first kappa shape index (κ1) is 22.6. The average Bonchev–Trinajstić information content (AvgIpc) is 3.28. The molecule has 4 rings (SSSR count). The molecule has 0 saturated carbocycles. The summed E-state index contributed by atoms with van der Waals surface area (Å²) >= 11 is 0. The SMILES string of the molecule is CC(=O)NC(Cc1ccccc1F)C(=O)N1CCC(c2nccn2Cc2ccccn2)CC1. The number of hydrogen-bond acceptors (Lipinski definition) is 4. The second-order valence-electron chi connectivity index (χ2n) is 8.38. The quantitative estimate of drug-likeness (QED) is 0.602. The van der Waals surface area contributed by atoms with Gasteiger partial charge in [-0.2, -0.15) is 0 Å². The van der Waals surface area contributed by atoms with E-state index < -0.39 is 6.04 Å². The molecule has 1 aromatic carbocycles. The van der Waals surface area contributed by atoms with E-state index in [0.29, 0.717) is 25.2 Å². The third-order valence-electron chi connectivity index (χ3n) is 6.04. The molecule has 172 valence electrons. The monoisotopic (exact) mass is 449 g/mol. The molecule has 1 unspecified atom stereocenters. The Balaban J connectivity index is 1.40. The van der Waals surface area contributed by atoms with Gasteiger partial charge >= 0.3 is 0 Å². The number of piperidine rings is 1. The Morgan fingerprint density at radius 2 is 1.85 bits per heavy atom. The highest BCUT2D eigenvalue weighted by Gasteiger charge is 2.31. The normalized spacial score (nSPS) is 15.3. The fraction of sp³-hybridized carbons (Fsp3) is 0.360. The van der Waals surface area contributed by atoms with Crippen LogP contribution in [0, 0.1) is 5.82 Å². The average molecular weight is 450 g/mol. The molecule has 1 saturated heterocycles. The summed E-state index contributed by atoms with van der Waals surface area (Å²) in [7, 11) is 0. The number of pyridine rings is 1. The van der Waals surface area contributed by atoms with Crippen molar-refractivity contribution in [2.75, 3.05) is 13.1 Å². The Morgan fingerprint density at radius 1 is 1.09 bits per heavy atom. The molecule has 1 atom stereocenters. The van der Waals surface area contributed by atoms with Crippen LogP contribution in [0.3, 0.4) is 0 Å². The minimum atomic E-state index is -0.790. The number of halogens is 1. The number of nitrogens with zero attached hydrogens (tertiary/aromatic N) is 4. The summed E-state index contributed by atoms with van der Waals surface area (Å²) in [4.78, 5) is 35.7. The van der Waals surface area contributed by atoms with Crippen LogP contribution in [-0.2, 0) is 22.6 Å². The van der Waals surface area contributed by atoms with Crippen molar-refractivity contribution in [1.29, 1.82) is 0 Å². The van der Waals surface area contributed by atoms with Gasteiger partial charge in [0.05, 0.1) is 12.2 Å². The zero-order valence-electron chi connectivity index (χ0n) is 18.7. The second-order valence-corrected chi connectivity index (χ2v) is 8.38. The Kier molecular flexibility index (Phi) is 7.12. The number of rotatable bonds is 7. The molecule has 0 aliphatic carbocycles. The summed E-state index contributed by atoms with van der Waals surface area (Å²) in [6, 6.07) is 11.4. The van der Waals surface area contributed by atoms with Gasteiger partial charge in [0.1, 0.15) is 17.7 Å². The summed E-state index contributed by atoms with van der Waals surface area (Å²) in [5, 5.41) is 2.71. The molecule has 7 nitrogen and oxygen atoms in total. The number of aromatic nitrogens is 3. The molecular weight excluding hydrogens is 421 g/mol. The molecule has 8 heteroatoms. The van der Waals surface area contributed by atoms with E-state index in [4.69, 9.17) is 0 Å². The van der Waals surface area contributed by atoms with E-state index >= 15 is 0 Å². The van der Waals surface area contributed by atoms with E-state index in [-0.39, 0.29) is 30.0 Å². The Labute approximate surface area is 192 Å². The molecule has 0 spiro atoms. The molecule has 3 aromatic rings. The maximum atomic E-state index is 14.1. The predicted molar refractivity (Wildman–Crippen MR) is 122 cm³/mol. The van der Waals surface area contributed by atoms with Crippen LogP contribution >= 0.6 is 0 Å². The number of carbonyl (C=O) groups is 2. The smallest absolute Gasteiger partial charge is 0.245 e. The lowest BCUT2D eigenvalue weighted by Gasteiger charge is -2.34. The van der Waals surface area contributed by atoms with Crippen LogP contribution in [0.25, 0.3) is 0 Å². The highest BCUT2D eigenvalue weighted by Crippen LogP contribution is 2.28. The third-order valence-corrected chi connectivity index (χ3v) is 6.04. The van der Waals surface area contributed by atoms with Gasteiger partial charge in [-0.1, -0.05) is 24.3 Å². The highest BCUT2D eigenvalue weighted by molar-refractivity contribution is 5.87. The van der Waals surface area contributed by atoms with Gasteiger partial charge in [-0.25, -0.2) is 9.37 Å². The van der Waals surface area contributed by atoms with Gasteiger partial charge < -0.3 is 14.8 Å². The number of imidazole rings is 1. The number of benzene rings is 1. The second kappa shape index (κ2) is 10.4. The van der Waals surface area contributed by atoms with Gasteiger partial charge in [-0.3, -0.25) is 14.6 Å². The Bertz CT molecular complexity index is 1090. The van der Waals surface area contributed by atoms with Crippen LogP contribution in [0.4, 0.5) is 4.39 Å². The molecule has 1 aliphatic heterocycles. The first-order chi connectivity index (χ1) is 16.0. The fourth-order valence-electron chi connectivity index (χ4n) is 4.39. The minimum absolute atomic E-state index is 0.125. The van der Waals surface area contributed by atoms with Gasteiger partial charge in [0, 0.05) is 50.9 Å². The van der Waals surface area contributed by atoms with Crippen molar-refractivity contribution < 1.29 is 14.0 Å². The molecule has 2 amide bonds. The van der Waals surface area contributed by atoms with Crippen molar-refractivity contribution in [2.45, 2.75) is 44.7 Å². The topological polar surface area (TPSA) is 80.1 Å². The summed E-state index contributed by atoms with van der Waals surface area (Å²) < 4.78 is 16.3. The molecule has 2 aromatic heterocycles. The zero-order valence-corrected chi connectivity index (χ0v) is 18.7. The molecule has 33 heavy (non-hydrogen) atoms. The van der Waals surface area contributed by atoms with E-state index in [1.807, 2.05) is 24.4 Å². The van der Waals surface area contributed by atoms with Crippen LogP contribution in [0.5, 0.6) is 0 Å². The van der Waals surface area contributed by atoms with Crippen molar-refractivity contribution >= 4 is 11.8 Å². The number of likely N-dealkylation sites (tertiary alicyclic amines) is 1. The molecule has 1 fully saturated rings. The first-order valence-corrected chi connectivity index (χ1v) is 11.2. The fourth-order valence-corrected chi connectivity index (χ4v) is 4.39. The summed E-state index contributed by atoms with van der Waals surface area (Å²) in [5.41, 5.74) is 1.38. The number of nitrogens with one attached hydrogen (secondary N) is 1. The number of carbonyl (C=O) groups excluding carboxylic acids is 2. The number of hydrogen-bond donors (Lipinski definition) is 1. The molecular formula is C25H28FN5O2. The van der Waals surface area contributed by atoms with Crippen LogP contribution in [-0.4, -0.2) is 50.4 Å². The lowest BCUT2D eigenvalue weighted by Crippen LogP contribution is -2.51. The van der Waals surface area contributed by atoms with Gasteiger partial charge in [0.2, 0.25) is 11.8 Å². The van der Waals surface area contributed by atoms with Gasteiger partial charge in [0.15, 0.2) is 0 Å². The van der Waals surface area contributed by atoms with E-state index in [0.717, 1.165) is 24.4 Å². The minimum Gasteiger partial charge on any atom is -0.344 e. The molecule has 3 heterocycles. The molecule has 0 radical (unpaired) electrons. The lowest BCUT2D eigenvalue weighted by molar-refractivity contribution is -0.137. The molecule has 1 aliphatic rings. The Morgan fingerprint density at radius 3 is 2.55 bits per heavy atom. The van der Waals surface area contributed by atoms with E-state index in [2.05, 4.69) is 19.9 Å². The maximum Gasteiger partial charge on any atom is 0.245 e. The Hall–Kier alpha value is -3.55. The van der Waals surface area contributed by atoms with Crippen molar-refractivity contribution in [2.24, 2.45) is 0 Å². The maximum absolute atomic E-state index is 14.1. The third kappa shape index (κ3) is 5.63. The van der Waals surface area contributed by atoms with Crippen molar-refractivity contribution in [1.82, 2.24) is 24.8 Å². The van der Waals surface area contributed by atoms with Gasteiger partial charge in [-0.05, 0) is 36.6 Å². The van der Waals surface area contributed by atoms with E-state index in [1.54, 1.807) is 35.5 Å². The standard InChI is InChI=1S/C25H28FN5O2/c1-18(32)29-23(16-20-6-2-3-8-22(20)26)25(33)30-13-9-19(10-14-30)24-28-12-15-31(24)17-21-7-4-5-11-27-21/h2-8,11-12,15,19,23H,9-10,13-14,16-17H2,1H3,(H,29,32). The van der Waals surface area contributed by atoms with Crippen molar-refractivity contribution in [3.05, 3.63) is 84.0 Å². The summed E-state index contributed by atoms with van der Waals surface area (Å²) in [6.07, 6.45) is 7.22. The highest BCUT2D eigenvalue weighted by atomic mass is 19.1. The van der Waals surface area contributed by atoms with E-state index in [1.165, 1.54) is 13.0 Å². The summed E-state index contributed by atoms with van der Waals surface area (Å²) in [6.45, 7) is 3.15. The molecule has 1 N–H and O–H groups in total.